The van der Waals surface area contributed by atoms with Crippen LogP contribution < -0.4 is 10.6 Å². The Labute approximate surface area is 144 Å². The van der Waals surface area contributed by atoms with E-state index in [1.807, 2.05) is 38.4 Å². The number of rotatable bonds is 7. The standard InChI is InChI=1S/C16H20BrN5O/c1-22(2)10-9-18-14-7-8-15(21-20-14)19-16(23)11-12-3-5-13(17)6-4-12/h3-8H,9-11H2,1-2H3,(H,18,20)(H,19,21,23). The molecule has 1 aromatic carbocycles. The van der Waals surface area contributed by atoms with Crippen molar-refractivity contribution >= 4 is 33.5 Å². The number of nitrogens with zero attached hydrogens (tertiary/aromatic N) is 3. The van der Waals surface area contributed by atoms with E-state index in [2.05, 4.69) is 41.7 Å². The topological polar surface area (TPSA) is 70.2 Å². The average molecular weight is 378 g/mol. The van der Waals surface area contributed by atoms with Gasteiger partial charge >= 0.3 is 0 Å². The summed E-state index contributed by atoms with van der Waals surface area (Å²) < 4.78 is 0.991. The van der Waals surface area contributed by atoms with Crippen LogP contribution in [-0.4, -0.2) is 48.2 Å². The number of hydrogen-bond acceptors (Lipinski definition) is 5. The maximum atomic E-state index is 12.0. The van der Waals surface area contributed by atoms with E-state index in [4.69, 9.17) is 0 Å². The van der Waals surface area contributed by atoms with E-state index in [0.29, 0.717) is 18.1 Å². The number of nitrogens with one attached hydrogen (secondary N) is 2. The number of anilines is 2. The molecular formula is C16H20BrN5O. The first-order valence-electron chi connectivity index (χ1n) is 7.29. The Bertz CT molecular complexity index is 628. The van der Waals surface area contributed by atoms with Crippen LogP contribution in [0.4, 0.5) is 11.6 Å². The maximum Gasteiger partial charge on any atom is 0.229 e. The third-order valence-electron chi connectivity index (χ3n) is 3.08. The molecule has 1 amide bonds. The van der Waals surface area contributed by atoms with Crippen molar-refractivity contribution in [3.8, 4) is 0 Å². The summed E-state index contributed by atoms with van der Waals surface area (Å²) in [6.07, 6.45) is 0.303. The third-order valence-corrected chi connectivity index (χ3v) is 3.60. The van der Waals surface area contributed by atoms with E-state index in [0.717, 1.165) is 23.1 Å². The van der Waals surface area contributed by atoms with Gasteiger partial charge in [0.15, 0.2) is 5.82 Å². The molecule has 7 heteroatoms. The first kappa shape index (κ1) is 17.4. The number of amides is 1. The Hall–Kier alpha value is -1.99. The zero-order valence-electron chi connectivity index (χ0n) is 13.2. The summed E-state index contributed by atoms with van der Waals surface area (Å²) in [6, 6.07) is 11.2. The van der Waals surface area contributed by atoms with E-state index in [-0.39, 0.29) is 5.91 Å². The van der Waals surface area contributed by atoms with E-state index in [1.165, 1.54) is 0 Å². The average Bonchev–Trinajstić information content (AvgIpc) is 2.51. The highest BCUT2D eigenvalue weighted by molar-refractivity contribution is 9.10. The highest BCUT2D eigenvalue weighted by Crippen LogP contribution is 2.12. The molecule has 0 aliphatic rings. The molecular weight excluding hydrogens is 358 g/mol. The van der Waals surface area contributed by atoms with Crippen LogP contribution in [0.15, 0.2) is 40.9 Å². The minimum absolute atomic E-state index is 0.116. The molecule has 0 unspecified atom stereocenters. The first-order chi connectivity index (χ1) is 11.0. The largest absolute Gasteiger partial charge is 0.367 e. The van der Waals surface area contributed by atoms with Crippen molar-refractivity contribution in [3.63, 3.8) is 0 Å². The fourth-order valence-electron chi connectivity index (χ4n) is 1.88. The van der Waals surface area contributed by atoms with Crippen molar-refractivity contribution in [3.05, 3.63) is 46.4 Å². The van der Waals surface area contributed by atoms with Gasteiger partial charge in [-0.3, -0.25) is 4.79 Å². The predicted octanol–water partition coefficient (Wildman–Crippen LogP) is 2.39. The lowest BCUT2D eigenvalue weighted by atomic mass is 10.1. The van der Waals surface area contributed by atoms with E-state index < -0.39 is 0 Å². The fourth-order valence-corrected chi connectivity index (χ4v) is 2.14. The number of aromatic nitrogens is 2. The highest BCUT2D eigenvalue weighted by atomic mass is 79.9. The smallest absolute Gasteiger partial charge is 0.229 e. The van der Waals surface area contributed by atoms with Crippen molar-refractivity contribution in [1.29, 1.82) is 0 Å². The van der Waals surface area contributed by atoms with E-state index >= 15 is 0 Å². The van der Waals surface area contributed by atoms with Crippen molar-refractivity contribution in [2.45, 2.75) is 6.42 Å². The molecule has 0 saturated carbocycles. The molecule has 0 aliphatic heterocycles. The zero-order valence-corrected chi connectivity index (χ0v) is 14.8. The minimum atomic E-state index is -0.116. The van der Waals surface area contributed by atoms with Gasteiger partial charge in [0.05, 0.1) is 6.42 Å². The molecule has 6 nitrogen and oxygen atoms in total. The van der Waals surface area contributed by atoms with E-state index in [1.54, 1.807) is 12.1 Å². The number of hydrogen-bond donors (Lipinski definition) is 2. The van der Waals surface area contributed by atoms with Crippen LogP contribution in [0, 0.1) is 0 Å². The molecule has 122 valence electrons. The summed E-state index contributed by atoms with van der Waals surface area (Å²) in [6.45, 7) is 1.70. The summed E-state index contributed by atoms with van der Waals surface area (Å²) in [4.78, 5) is 14.1. The monoisotopic (exact) mass is 377 g/mol. The summed E-state index contributed by atoms with van der Waals surface area (Å²) in [5.74, 6) is 1.03. The Morgan fingerprint density at radius 1 is 1.09 bits per heavy atom. The second kappa shape index (κ2) is 8.59. The molecule has 0 aliphatic carbocycles. The van der Waals surface area contributed by atoms with Crippen LogP contribution in [0.1, 0.15) is 5.56 Å². The molecule has 2 rings (SSSR count). The second-order valence-electron chi connectivity index (χ2n) is 5.39. The molecule has 0 saturated heterocycles. The van der Waals surface area contributed by atoms with Gasteiger partial charge in [0.1, 0.15) is 5.82 Å². The number of likely N-dealkylation sites (N-methyl/N-ethyl adjacent to an activating group) is 1. The summed E-state index contributed by atoms with van der Waals surface area (Å²) in [7, 11) is 4.02. The van der Waals surface area contributed by atoms with Crippen molar-refractivity contribution in [2.75, 3.05) is 37.8 Å². The van der Waals surface area contributed by atoms with Crippen molar-refractivity contribution in [1.82, 2.24) is 15.1 Å². The fraction of sp³-hybridized carbons (Fsp3) is 0.312. The molecule has 0 atom stereocenters. The molecule has 2 aromatic rings. The van der Waals surface area contributed by atoms with Crippen molar-refractivity contribution in [2.24, 2.45) is 0 Å². The molecule has 0 spiro atoms. The zero-order chi connectivity index (χ0) is 16.7. The van der Waals surface area contributed by atoms with Crippen LogP contribution in [-0.2, 0) is 11.2 Å². The van der Waals surface area contributed by atoms with Gasteiger partial charge in [0.2, 0.25) is 5.91 Å². The van der Waals surface area contributed by atoms with Gasteiger partial charge in [-0.2, -0.15) is 0 Å². The third kappa shape index (κ3) is 6.33. The van der Waals surface area contributed by atoms with Gasteiger partial charge in [-0.15, -0.1) is 10.2 Å². The van der Waals surface area contributed by atoms with Gasteiger partial charge in [0.25, 0.3) is 0 Å². The highest BCUT2D eigenvalue weighted by Gasteiger charge is 2.06. The van der Waals surface area contributed by atoms with Gasteiger partial charge in [-0.05, 0) is 43.9 Å². The predicted molar refractivity (Wildman–Crippen MR) is 95.6 cm³/mol. The number of benzene rings is 1. The van der Waals surface area contributed by atoms with Crippen LogP contribution in [0.25, 0.3) is 0 Å². The van der Waals surface area contributed by atoms with Crippen molar-refractivity contribution < 1.29 is 4.79 Å². The SMILES string of the molecule is CN(C)CCNc1ccc(NC(=O)Cc2ccc(Br)cc2)nn1. The van der Waals surface area contributed by atoms with Crippen LogP contribution in [0.2, 0.25) is 0 Å². The lowest BCUT2D eigenvalue weighted by molar-refractivity contribution is -0.115. The lowest BCUT2D eigenvalue weighted by Crippen LogP contribution is -2.21. The minimum Gasteiger partial charge on any atom is -0.367 e. The second-order valence-corrected chi connectivity index (χ2v) is 6.30. The van der Waals surface area contributed by atoms with Crippen LogP contribution >= 0.6 is 15.9 Å². The summed E-state index contributed by atoms with van der Waals surface area (Å²) >= 11 is 3.37. The number of halogens is 1. The Kier molecular flexibility index (Phi) is 6.49. The molecule has 0 bridgehead atoms. The van der Waals surface area contributed by atoms with E-state index in [9.17, 15) is 4.79 Å². The first-order valence-corrected chi connectivity index (χ1v) is 8.09. The molecule has 1 heterocycles. The van der Waals surface area contributed by atoms with Gasteiger partial charge in [0, 0.05) is 17.6 Å². The number of carbonyl (C=O) groups excluding carboxylic acids is 1. The lowest BCUT2D eigenvalue weighted by Gasteiger charge is -2.10. The summed E-state index contributed by atoms with van der Waals surface area (Å²) in [5.41, 5.74) is 0.945. The molecule has 23 heavy (non-hydrogen) atoms. The van der Waals surface area contributed by atoms with Crippen LogP contribution in [0.3, 0.4) is 0 Å². The Morgan fingerprint density at radius 2 is 1.74 bits per heavy atom. The summed E-state index contributed by atoms with van der Waals surface area (Å²) in [5, 5.41) is 14.0. The quantitative estimate of drug-likeness (QED) is 0.774. The molecule has 2 N–H and O–H groups in total. The van der Waals surface area contributed by atoms with Gasteiger partial charge in [-0.1, -0.05) is 28.1 Å². The Balaban J connectivity index is 1.82. The molecule has 0 fully saturated rings. The van der Waals surface area contributed by atoms with Crippen LogP contribution in [0.5, 0.6) is 0 Å². The molecule has 1 aromatic heterocycles. The number of carbonyl (C=O) groups is 1. The normalized spacial score (nSPS) is 10.6. The Morgan fingerprint density at radius 3 is 2.35 bits per heavy atom. The van der Waals surface area contributed by atoms with Gasteiger partial charge < -0.3 is 15.5 Å². The van der Waals surface area contributed by atoms with Gasteiger partial charge in [-0.25, -0.2) is 0 Å². The molecule has 0 radical (unpaired) electrons. The maximum absolute atomic E-state index is 12.0.